The molecule has 1 amide bonds. The summed E-state index contributed by atoms with van der Waals surface area (Å²) in [7, 11) is 1.66. The maximum absolute atomic E-state index is 11.6. The third-order valence-electron chi connectivity index (χ3n) is 2.44. The van der Waals surface area contributed by atoms with E-state index in [0.717, 1.165) is 13.1 Å². The standard InChI is InChI=1S/C11H22N2O3/c1-11(2,3)16-7-10(14)13-8-5-12-6-9(8)15-4/h8-9,12H,5-7H2,1-4H3,(H,13,14)/t8?,9-/m0/s1. The normalized spacial score (nSPS) is 25.8. The van der Waals surface area contributed by atoms with Crippen molar-refractivity contribution in [2.24, 2.45) is 0 Å². The van der Waals surface area contributed by atoms with Gasteiger partial charge in [-0.25, -0.2) is 0 Å². The number of rotatable bonds is 4. The van der Waals surface area contributed by atoms with Crippen molar-refractivity contribution in [3.05, 3.63) is 0 Å². The summed E-state index contributed by atoms with van der Waals surface area (Å²) in [5, 5.41) is 6.07. The maximum atomic E-state index is 11.6. The van der Waals surface area contributed by atoms with E-state index >= 15 is 0 Å². The van der Waals surface area contributed by atoms with Gasteiger partial charge in [-0.2, -0.15) is 0 Å². The van der Waals surface area contributed by atoms with E-state index < -0.39 is 0 Å². The van der Waals surface area contributed by atoms with Crippen molar-refractivity contribution in [1.29, 1.82) is 0 Å². The second-order valence-electron chi connectivity index (χ2n) is 5.01. The van der Waals surface area contributed by atoms with Gasteiger partial charge in [0.2, 0.25) is 5.91 Å². The fourth-order valence-corrected chi connectivity index (χ4v) is 1.58. The molecule has 1 aliphatic rings. The predicted octanol–water partition coefficient (Wildman–Crippen LogP) is -0.0955. The summed E-state index contributed by atoms with van der Waals surface area (Å²) in [6.45, 7) is 7.40. The molecule has 0 aromatic carbocycles. The quantitative estimate of drug-likeness (QED) is 0.708. The topological polar surface area (TPSA) is 59.6 Å². The van der Waals surface area contributed by atoms with Gasteiger partial charge < -0.3 is 20.1 Å². The number of methoxy groups -OCH3 is 1. The molecule has 0 radical (unpaired) electrons. The van der Waals surface area contributed by atoms with Crippen LogP contribution in [0, 0.1) is 0 Å². The Hall–Kier alpha value is -0.650. The van der Waals surface area contributed by atoms with Gasteiger partial charge in [0.1, 0.15) is 6.61 Å². The van der Waals surface area contributed by atoms with Gasteiger partial charge in [0.05, 0.1) is 17.7 Å². The van der Waals surface area contributed by atoms with Gasteiger partial charge in [-0.1, -0.05) is 0 Å². The zero-order valence-electron chi connectivity index (χ0n) is 10.5. The Morgan fingerprint density at radius 2 is 2.12 bits per heavy atom. The minimum Gasteiger partial charge on any atom is -0.378 e. The summed E-state index contributed by atoms with van der Waals surface area (Å²) in [6, 6.07) is 0.0427. The van der Waals surface area contributed by atoms with Crippen molar-refractivity contribution in [1.82, 2.24) is 10.6 Å². The lowest BCUT2D eigenvalue weighted by atomic mass is 10.2. The summed E-state index contributed by atoms with van der Waals surface area (Å²) in [4.78, 5) is 11.6. The molecule has 1 rings (SSSR count). The first kappa shape index (κ1) is 13.4. The van der Waals surface area contributed by atoms with Crippen molar-refractivity contribution in [2.45, 2.75) is 38.5 Å². The first-order valence-electron chi connectivity index (χ1n) is 5.59. The molecule has 5 nitrogen and oxygen atoms in total. The number of hydrogen-bond acceptors (Lipinski definition) is 4. The van der Waals surface area contributed by atoms with Gasteiger partial charge in [-0.3, -0.25) is 4.79 Å². The third-order valence-corrected chi connectivity index (χ3v) is 2.44. The lowest BCUT2D eigenvalue weighted by Gasteiger charge is -2.22. The van der Waals surface area contributed by atoms with E-state index in [1.54, 1.807) is 7.11 Å². The summed E-state index contributed by atoms with van der Waals surface area (Å²) in [6.07, 6.45) is 0.0542. The van der Waals surface area contributed by atoms with E-state index in [1.807, 2.05) is 20.8 Å². The molecule has 1 aliphatic heterocycles. The molecule has 1 unspecified atom stereocenters. The second-order valence-corrected chi connectivity index (χ2v) is 5.01. The van der Waals surface area contributed by atoms with Crippen LogP contribution >= 0.6 is 0 Å². The highest BCUT2D eigenvalue weighted by Crippen LogP contribution is 2.07. The van der Waals surface area contributed by atoms with Gasteiger partial charge in [0.15, 0.2) is 0 Å². The van der Waals surface area contributed by atoms with Crippen LogP contribution in [0.2, 0.25) is 0 Å². The van der Waals surface area contributed by atoms with Crippen LogP contribution in [0.15, 0.2) is 0 Å². The first-order valence-corrected chi connectivity index (χ1v) is 5.59. The zero-order chi connectivity index (χ0) is 12.2. The average molecular weight is 230 g/mol. The van der Waals surface area contributed by atoms with E-state index in [-0.39, 0.29) is 30.3 Å². The first-order chi connectivity index (χ1) is 7.42. The molecule has 0 aromatic rings. The fraction of sp³-hybridized carbons (Fsp3) is 0.909. The molecular weight excluding hydrogens is 208 g/mol. The molecule has 5 heteroatoms. The molecule has 0 saturated carbocycles. The Morgan fingerprint density at radius 1 is 1.44 bits per heavy atom. The second kappa shape index (κ2) is 5.61. The highest BCUT2D eigenvalue weighted by atomic mass is 16.5. The summed E-state index contributed by atoms with van der Waals surface area (Å²) in [5.41, 5.74) is -0.286. The van der Waals surface area contributed by atoms with Crippen LogP contribution in [0.25, 0.3) is 0 Å². The van der Waals surface area contributed by atoms with Gasteiger partial charge in [-0.05, 0) is 20.8 Å². The molecule has 0 spiro atoms. The Labute approximate surface area is 96.9 Å². The van der Waals surface area contributed by atoms with Crippen molar-refractivity contribution >= 4 is 5.91 Å². The molecule has 1 fully saturated rings. The number of ether oxygens (including phenoxy) is 2. The summed E-state index contributed by atoms with van der Waals surface area (Å²) >= 11 is 0. The maximum Gasteiger partial charge on any atom is 0.246 e. The largest absolute Gasteiger partial charge is 0.378 e. The molecule has 0 aliphatic carbocycles. The number of carbonyl (C=O) groups excluding carboxylic acids is 1. The van der Waals surface area contributed by atoms with Crippen molar-refractivity contribution in [3.8, 4) is 0 Å². The number of hydrogen-bond donors (Lipinski definition) is 2. The minimum absolute atomic E-state index is 0.0427. The van der Waals surface area contributed by atoms with E-state index in [2.05, 4.69) is 10.6 Å². The molecule has 1 saturated heterocycles. The van der Waals surface area contributed by atoms with Crippen molar-refractivity contribution in [2.75, 3.05) is 26.8 Å². The monoisotopic (exact) mass is 230 g/mol. The van der Waals surface area contributed by atoms with Crippen LogP contribution in [0.5, 0.6) is 0 Å². The highest BCUT2D eigenvalue weighted by Gasteiger charge is 2.28. The predicted molar refractivity (Wildman–Crippen MR) is 61.3 cm³/mol. The van der Waals surface area contributed by atoms with Gasteiger partial charge in [-0.15, -0.1) is 0 Å². The summed E-state index contributed by atoms with van der Waals surface area (Å²) < 4.78 is 10.6. The van der Waals surface area contributed by atoms with Crippen LogP contribution < -0.4 is 10.6 Å². The third kappa shape index (κ3) is 4.47. The number of amides is 1. The molecule has 94 valence electrons. The van der Waals surface area contributed by atoms with Crippen LogP contribution in [-0.4, -0.2) is 50.5 Å². The van der Waals surface area contributed by atoms with Crippen LogP contribution in [0.3, 0.4) is 0 Å². The molecule has 2 N–H and O–H groups in total. The van der Waals surface area contributed by atoms with E-state index in [1.165, 1.54) is 0 Å². The summed E-state index contributed by atoms with van der Waals surface area (Å²) in [5.74, 6) is -0.0920. The molecule has 0 aromatic heterocycles. The molecule has 16 heavy (non-hydrogen) atoms. The molecule has 0 bridgehead atoms. The van der Waals surface area contributed by atoms with E-state index in [4.69, 9.17) is 9.47 Å². The van der Waals surface area contributed by atoms with Crippen molar-refractivity contribution in [3.63, 3.8) is 0 Å². The van der Waals surface area contributed by atoms with E-state index in [9.17, 15) is 4.79 Å². The van der Waals surface area contributed by atoms with Gasteiger partial charge in [0.25, 0.3) is 0 Å². The fourth-order valence-electron chi connectivity index (χ4n) is 1.58. The molecule has 2 atom stereocenters. The minimum atomic E-state index is -0.286. The van der Waals surface area contributed by atoms with Gasteiger partial charge in [0, 0.05) is 20.2 Å². The lowest BCUT2D eigenvalue weighted by molar-refractivity contribution is -0.131. The highest BCUT2D eigenvalue weighted by molar-refractivity contribution is 5.77. The van der Waals surface area contributed by atoms with Crippen LogP contribution in [0.4, 0.5) is 0 Å². The Kier molecular flexibility index (Phi) is 4.70. The SMILES string of the molecule is CO[C@H]1CNCC1NC(=O)COC(C)(C)C. The van der Waals surface area contributed by atoms with Crippen molar-refractivity contribution < 1.29 is 14.3 Å². The van der Waals surface area contributed by atoms with E-state index in [0.29, 0.717) is 0 Å². The average Bonchev–Trinajstić information content (AvgIpc) is 2.61. The lowest BCUT2D eigenvalue weighted by Crippen LogP contribution is -2.45. The van der Waals surface area contributed by atoms with Crippen LogP contribution in [0.1, 0.15) is 20.8 Å². The van der Waals surface area contributed by atoms with Crippen LogP contribution in [-0.2, 0) is 14.3 Å². The smallest absolute Gasteiger partial charge is 0.246 e. The molecule has 1 heterocycles. The zero-order valence-corrected chi connectivity index (χ0v) is 10.5. The Balaban J connectivity index is 2.28. The number of nitrogens with one attached hydrogen (secondary N) is 2. The number of carbonyl (C=O) groups is 1. The van der Waals surface area contributed by atoms with Gasteiger partial charge >= 0.3 is 0 Å². The Bertz CT molecular complexity index is 238. The Morgan fingerprint density at radius 3 is 2.69 bits per heavy atom. The molecular formula is C11H22N2O3.